The van der Waals surface area contributed by atoms with Crippen molar-refractivity contribution in [2.24, 2.45) is 5.92 Å². The Bertz CT molecular complexity index is 602. The number of carbonyl (C=O) groups is 2. The summed E-state index contributed by atoms with van der Waals surface area (Å²) in [4.78, 5) is 32.6. The molecule has 1 aromatic rings. The van der Waals surface area contributed by atoms with Gasteiger partial charge in [0.1, 0.15) is 0 Å². The zero-order valence-corrected chi connectivity index (χ0v) is 15.8. The van der Waals surface area contributed by atoms with Crippen molar-refractivity contribution in [1.29, 1.82) is 0 Å². The van der Waals surface area contributed by atoms with Gasteiger partial charge in [-0.1, -0.05) is 30.8 Å². The number of piperazine rings is 1. The van der Waals surface area contributed by atoms with E-state index < -0.39 is 0 Å². The van der Waals surface area contributed by atoms with Gasteiger partial charge >= 0.3 is 0 Å². The summed E-state index contributed by atoms with van der Waals surface area (Å²) in [6, 6.07) is 0. The van der Waals surface area contributed by atoms with E-state index in [2.05, 4.69) is 10.1 Å². The maximum atomic E-state index is 12.4. The second kappa shape index (κ2) is 9.14. The molecular weight excluding hydrogens is 332 g/mol. The molecule has 3 rings (SSSR count). The molecule has 0 unspecified atom stereocenters. The maximum Gasteiger partial charge on any atom is 0.226 e. The van der Waals surface area contributed by atoms with Gasteiger partial charge in [-0.25, -0.2) is 0 Å². The van der Waals surface area contributed by atoms with E-state index in [1.54, 1.807) is 6.92 Å². The average Bonchev–Trinajstić information content (AvgIpc) is 3.31. The summed E-state index contributed by atoms with van der Waals surface area (Å²) in [5.74, 6) is 2.38. The van der Waals surface area contributed by atoms with Crippen molar-refractivity contribution < 1.29 is 14.1 Å². The molecule has 26 heavy (non-hydrogen) atoms. The minimum Gasteiger partial charge on any atom is -0.339 e. The van der Waals surface area contributed by atoms with E-state index in [9.17, 15) is 9.59 Å². The molecule has 2 fully saturated rings. The SMILES string of the molecule is Cc1noc(CCCC(=O)N2CCN(C(=O)CCC3CCCC3)CC2)n1. The van der Waals surface area contributed by atoms with E-state index in [0.29, 0.717) is 63.6 Å². The molecular formula is C19H30N4O3. The third-order valence-electron chi connectivity index (χ3n) is 5.58. The van der Waals surface area contributed by atoms with Crippen molar-refractivity contribution in [2.45, 2.75) is 64.7 Å². The van der Waals surface area contributed by atoms with Crippen LogP contribution in [0.25, 0.3) is 0 Å². The van der Waals surface area contributed by atoms with Crippen LogP contribution in [0.5, 0.6) is 0 Å². The zero-order chi connectivity index (χ0) is 18.4. The lowest BCUT2D eigenvalue weighted by Crippen LogP contribution is -2.50. The van der Waals surface area contributed by atoms with E-state index in [-0.39, 0.29) is 11.8 Å². The molecule has 0 spiro atoms. The van der Waals surface area contributed by atoms with Crippen LogP contribution in [0, 0.1) is 12.8 Å². The minimum atomic E-state index is 0.152. The van der Waals surface area contributed by atoms with Gasteiger partial charge in [0.2, 0.25) is 17.7 Å². The van der Waals surface area contributed by atoms with E-state index in [1.165, 1.54) is 25.7 Å². The van der Waals surface area contributed by atoms with E-state index >= 15 is 0 Å². The standard InChI is InChI=1S/C19H30N4O3/c1-15-20-17(26-21-15)7-4-8-18(24)22-11-13-23(14-12-22)19(25)10-9-16-5-2-3-6-16/h16H,2-14H2,1H3. The molecule has 0 radical (unpaired) electrons. The highest BCUT2D eigenvalue weighted by Crippen LogP contribution is 2.28. The molecule has 144 valence electrons. The highest BCUT2D eigenvalue weighted by molar-refractivity contribution is 5.78. The van der Waals surface area contributed by atoms with Crippen molar-refractivity contribution in [1.82, 2.24) is 19.9 Å². The molecule has 2 heterocycles. The molecule has 1 saturated carbocycles. The Hall–Kier alpha value is -1.92. The molecule has 1 saturated heterocycles. The van der Waals surface area contributed by atoms with Gasteiger partial charge in [0.15, 0.2) is 5.82 Å². The number of aryl methyl sites for hydroxylation is 2. The Morgan fingerprint density at radius 3 is 2.23 bits per heavy atom. The third kappa shape index (κ3) is 5.29. The molecule has 0 N–H and O–H groups in total. The van der Waals surface area contributed by atoms with Gasteiger partial charge in [0, 0.05) is 45.4 Å². The lowest BCUT2D eigenvalue weighted by atomic mass is 10.0. The summed E-state index contributed by atoms with van der Waals surface area (Å²) >= 11 is 0. The van der Waals surface area contributed by atoms with Crippen LogP contribution in [0.1, 0.15) is 63.1 Å². The lowest BCUT2D eigenvalue weighted by molar-refractivity contribution is -0.139. The van der Waals surface area contributed by atoms with Gasteiger partial charge in [-0.2, -0.15) is 4.98 Å². The van der Waals surface area contributed by atoms with Crippen molar-refractivity contribution in [3.63, 3.8) is 0 Å². The largest absolute Gasteiger partial charge is 0.339 e. The van der Waals surface area contributed by atoms with Gasteiger partial charge in [-0.15, -0.1) is 0 Å². The number of nitrogens with zero attached hydrogens (tertiary/aromatic N) is 4. The van der Waals surface area contributed by atoms with Crippen LogP contribution in [0.4, 0.5) is 0 Å². The molecule has 2 amide bonds. The van der Waals surface area contributed by atoms with Crippen LogP contribution in [-0.2, 0) is 16.0 Å². The van der Waals surface area contributed by atoms with E-state index in [1.807, 2.05) is 9.80 Å². The van der Waals surface area contributed by atoms with Gasteiger partial charge in [-0.3, -0.25) is 9.59 Å². The summed E-state index contributed by atoms with van der Waals surface area (Å²) < 4.78 is 5.06. The van der Waals surface area contributed by atoms with Crippen molar-refractivity contribution in [3.8, 4) is 0 Å². The van der Waals surface area contributed by atoms with Gasteiger partial charge in [-0.05, 0) is 25.7 Å². The number of hydrogen-bond donors (Lipinski definition) is 0. The molecule has 1 aromatic heterocycles. The van der Waals surface area contributed by atoms with Gasteiger partial charge in [0.05, 0.1) is 0 Å². The van der Waals surface area contributed by atoms with Crippen LogP contribution in [0.2, 0.25) is 0 Å². The number of aromatic nitrogens is 2. The van der Waals surface area contributed by atoms with Gasteiger partial charge in [0.25, 0.3) is 0 Å². The van der Waals surface area contributed by atoms with Gasteiger partial charge < -0.3 is 14.3 Å². The number of amides is 2. The summed E-state index contributed by atoms with van der Waals surface area (Å²) in [7, 11) is 0. The van der Waals surface area contributed by atoms with Crippen molar-refractivity contribution in [3.05, 3.63) is 11.7 Å². The molecule has 0 aromatic carbocycles. The number of carbonyl (C=O) groups excluding carboxylic acids is 2. The molecule has 7 heteroatoms. The second-order valence-electron chi connectivity index (χ2n) is 7.54. The summed E-state index contributed by atoms with van der Waals surface area (Å²) in [6.45, 7) is 4.41. The first-order valence-electron chi connectivity index (χ1n) is 9.96. The third-order valence-corrected chi connectivity index (χ3v) is 5.58. The van der Waals surface area contributed by atoms with Crippen LogP contribution in [0.15, 0.2) is 4.52 Å². The Morgan fingerprint density at radius 2 is 1.65 bits per heavy atom. The topological polar surface area (TPSA) is 79.5 Å². The van der Waals surface area contributed by atoms with Crippen LogP contribution in [0.3, 0.4) is 0 Å². The van der Waals surface area contributed by atoms with Crippen molar-refractivity contribution >= 4 is 11.8 Å². The van der Waals surface area contributed by atoms with Crippen LogP contribution < -0.4 is 0 Å². The Morgan fingerprint density at radius 1 is 1.04 bits per heavy atom. The summed E-state index contributed by atoms with van der Waals surface area (Å²) in [6.07, 6.45) is 8.76. The molecule has 2 aliphatic rings. The molecule has 1 aliphatic heterocycles. The fraction of sp³-hybridized carbons (Fsp3) is 0.789. The molecule has 0 atom stereocenters. The Balaban J connectivity index is 1.32. The zero-order valence-electron chi connectivity index (χ0n) is 15.8. The van der Waals surface area contributed by atoms with E-state index in [4.69, 9.17) is 4.52 Å². The fourth-order valence-electron chi connectivity index (χ4n) is 3.98. The average molecular weight is 362 g/mol. The fourth-order valence-corrected chi connectivity index (χ4v) is 3.98. The first kappa shape index (κ1) is 18.9. The van der Waals surface area contributed by atoms with Crippen LogP contribution in [-0.4, -0.2) is 57.9 Å². The van der Waals surface area contributed by atoms with Crippen molar-refractivity contribution in [2.75, 3.05) is 26.2 Å². The smallest absolute Gasteiger partial charge is 0.226 e. The van der Waals surface area contributed by atoms with Crippen LogP contribution >= 0.6 is 0 Å². The summed E-state index contributed by atoms with van der Waals surface area (Å²) in [5, 5.41) is 3.75. The lowest BCUT2D eigenvalue weighted by Gasteiger charge is -2.35. The first-order chi connectivity index (χ1) is 12.6. The quantitative estimate of drug-likeness (QED) is 0.744. The minimum absolute atomic E-state index is 0.152. The molecule has 7 nitrogen and oxygen atoms in total. The maximum absolute atomic E-state index is 12.4. The monoisotopic (exact) mass is 362 g/mol. The predicted molar refractivity (Wildman–Crippen MR) is 96.3 cm³/mol. The second-order valence-corrected chi connectivity index (χ2v) is 7.54. The summed E-state index contributed by atoms with van der Waals surface area (Å²) in [5.41, 5.74) is 0. The normalized spacial score (nSPS) is 18.5. The highest BCUT2D eigenvalue weighted by Gasteiger charge is 2.25. The highest BCUT2D eigenvalue weighted by atomic mass is 16.5. The molecule has 1 aliphatic carbocycles. The Kier molecular flexibility index (Phi) is 6.63. The number of hydrogen-bond acceptors (Lipinski definition) is 5. The number of rotatable bonds is 7. The first-order valence-corrected chi connectivity index (χ1v) is 9.96. The Labute approximate surface area is 155 Å². The van der Waals surface area contributed by atoms with E-state index in [0.717, 1.165) is 12.3 Å². The predicted octanol–water partition coefficient (Wildman–Crippen LogP) is 2.34. The molecule has 0 bridgehead atoms.